The van der Waals surface area contributed by atoms with Crippen LogP contribution >= 0.6 is 0 Å². The van der Waals surface area contributed by atoms with Crippen LogP contribution in [-0.4, -0.2) is 9.88 Å². The van der Waals surface area contributed by atoms with E-state index in [-0.39, 0.29) is 5.82 Å². The Bertz CT molecular complexity index is 819. The zero-order chi connectivity index (χ0) is 14.4. The first kappa shape index (κ1) is 12.6. The Morgan fingerprint density at radius 2 is 2.05 bits per heavy atom. The van der Waals surface area contributed by atoms with E-state index in [0.29, 0.717) is 0 Å². The lowest BCUT2D eigenvalue weighted by Gasteiger charge is -2.15. The molecule has 4 rings (SSSR count). The van der Waals surface area contributed by atoms with Crippen molar-refractivity contribution in [3.63, 3.8) is 0 Å². The van der Waals surface area contributed by atoms with Crippen LogP contribution in [0.4, 0.5) is 4.39 Å². The third-order valence-electron chi connectivity index (χ3n) is 4.21. The summed E-state index contributed by atoms with van der Waals surface area (Å²) in [6, 6.07) is 13.4. The van der Waals surface area contributed by atoms with Gasteiger partial charge in [0.05, 0.1) is 0 Å². The molecule has 3 aromatic rings. The molecule has 0 bridgehead atoms. The molecule has 2 nitrogen and oxygen atoms in total. The molecule has 0 aliphatic carbocycles. The van der Waals surface area contributed by atoms with E-state index in [1.165, 1.54) is 33.8 Å². The number of nitrogens with one attached hydrogen (secondary N) is 1. The molecule has 0 amide bonds. The summed E-state index contributed by atoms with van der Waals surface area (Å²) in [5.41, 5.74) is 6.22. The van der Waals surface area contributed by atoms with E-state index >= 15 is 0 Å². The van der Waals surface area contributed by atoms with E-state index in [9.17, 15) is 4.39 Å². The Morgan fingerprint density at radius 3 is 2.90 bits per heavy atom. The molecule has 0 saturated heterocycles. The summed E-state index contributed by atoms with van der Waals surface area (Å²) in [4.78, 5) is 5.86. The lowest BCUT2D eigenvalue weighted by molar-refractivity contribution is 0.273. The average molecular weight is 280 g/mol. The number of H-pyrrole nitrogens is 1. The van der Waals surface area contributed by atoms with Crippen molar-refractivity contribution in [2.24, 2.45) is 0 Å². The van der Waals surface area contributed by atoms with E-state index < -0.39 is 0 Å². The second-order valence-electron chi connectivity index (χ2n) is 5.91. The second-order valence-corrected chi connectivity index (χ2v) is 5.91. The van der Waals surface area contributed by atoms with Crippen molar-refractivity contribution in [2.75, 3.05) is 0 Å². The highest BCUT2D eigenvalue weighted by Crippen LogP contribution is 2.31. The summed E-state index contributed by atoms with van der Waals surface area (Å²) in [6.07, 6.45) is 0. The molecule has 0 atom stereocenters. The molecule has 0 radical (unpaired) electrons. The number of halogens is 1. The summed E-state index contributed by atoms with van der Waals surface area (Å²) >= 11 is 0. The predicted molar refractivity (Wildman–Crippen MR) is 82.4 cm³/mol. The maximum absolute atomic E-state index is 13.3. The van der Waals surface area contributed by atoms with Crippen molar-refractivity contribution in [1.29, 1.82) is 0 Å². The summed E-state index contributed by atoms with van der Waals surface area (Å²) in [5, 5.41) is 1.33. The lowest BCUT2D eigenvalue weighted by atomic mass is 10.1. The Morgan fingerprint density at radius 1 is 1.14 bits per heavy atom. The molecule has 0 fully saturated rings. The summed E-state index contributed by atoms with van der Waals surface area (Å²) in [5.74, 6) is -0.161. The van der Waals surface area contributed by atoms with Crippen molar-refractivity contribution < 1.29 is 4.39 Å². The molecule has 2 heterocycles. The van der Waals surface area contributed by atoms with Crippen molar-refractivity contribution in [3.8, 4) is 0 Å². The van der Waals surface area contributed by atoms with Crippen molar-refractivity contribution >= 4 is 10.9 Å². The first-order valence-electron chi connectivity index (χ1n) is 7.26. The molecule has 1 aromatic heterocycles. The third-order valence-corrected chi connectivity index (χ3v) is 4.21. The first-order valence-corrected chi connectivity index (χ1v) is 7.26. The third kappa shape index (κ3) is 2.24. The number of rotatable bonds is 2. The van der Waals surface area contributed by atoms with Crippen LogP contribution < -0.4 is 0 Å². The Labute approximate surface area is 123 Å². The standard InChI is InChI=1S/C18H17FN2/c1-12-5-6-17-15(7-12)16-10-21(11-18(16)20-17)9-13-3-2-4-14(19)8-13/h2-8,20H,9-11H2,1H3. The number of aromatic amines is 1. The largest absolute Gasteiger partial charge is 0.357 e. The number of nitrogens with zero attached hydrogens (tertiary/aromatic N) is 1. The minimum atomic E-state index is -0.161. The van der Waals surface area contributed by atoms with Gasteiger partial charge in [0.1, 0.15) is 5.82 Å². The van der Waals surface area contributed by atoms with Gasteiger partial charge < -0.3 is 4.98 Å². The van der Waals surface area contributed by atoms with Crippen LogP contribution in [-0.2, 0) is 19.6 Å². The Hall–Kier alpha value is -2.13. The quantitative estimate of drug-likeness (QED) is 0.747. The van der Waals surface area contributed by atoms with Crippen LogP contribution in [0.5, 0.6) is 0 Å². The minimum absolute atomic E-state index is 0.161. The van der Waals surface area contributed by atoms with Gasteiger partial charge in [-0.05, 0) is 42.3 Å². The molecule has 106 valence electrons. The molecule has 1 aliphatic rings. The molecule has 0 spiro atoms. The van der Waals surface area contributed by atoms with Crippen LogP contribution in [0.2, 0.25) is 0 Å². The first-order chi connectivity index (χ1) is 10.2. The number of aryl methyl sites for hydroxylation is 1. The number of hydrogen-bond donors (Lipinski definition) is 1. The van der Waals surface area contributed by atoms with E-state index in [2.05, 4.69) is 35.0 Å². The Kier molecular flexibility index (Phi) is 2.82. The highest BCUT2D eigenvalue weighted by Gasteiger charge is 2.23. The number of aromatic nitrogens is 1. The van der Waals surface area contributed by atoms with Crippen LogP contribution in [0.1, 0.15) is 22.4 Å². The molecule has 1 aliphatic heterocycles. The monoisotopic (exact) mass is 280 g/mol. The van der Waals surface area contributed by atoms with E-state index in [1.807, 2.05) is 6.07 Å². The lowest BCUT2D eigenvalue weighted by Crippen LogP contribution is -2.16. The fraction of sp³-hybridized carbons (Fsp3) is 0.222. The topological polar surface area (TPSA) is 19.0 Å². The number of benzene rings is 2. The minimum Gasteiger partial charge on any atom is -0.357 e. The van der Waals surface area contributed by atoms with Gasteiger partial charge in [0, 0.05) is 36.2 Å². The smallest absolute Gasteiger partial charge is 0.123 e. The highest BCUT2D eigenvalue weighted by molar-refractivity contribution is 5.85. The van der Waals surface area contributed by atoms with E-state index in [0.717, 1.165) is 25.2 Å². The van der Waals surface area contributed by atoms with Gasteiger partial charge in [-0.25, -0.2) is 4.39 Å². The normalized spacial score (nSPS) is 14.8. The molecular formula is C18H17FN2. The molecule has 0 unspecified atom stereocenters. The molecule has 1 N–H and O–H groups in total. The van der Waals surface area contributed by atoms with Gasteiger partial charge in [-0.3, -0.25) is 4.90 Å². The van der Waals surface area contributed by atoms with E-state index in [4.69, 9.17) is 0 Å². The van der Waals surface area contributed by atoms with Crippen molar-refractivity contribution in [2.45, 2.75) is 26.6 Å². The van der Waals surface area contributed by atoms with Gasteiger partial charge in [0.25, 0.3) is 0 Å². The summed E-state index contributed by atoms with van der Waals surface area (Å²) in [7, 11) is 0. The summed E-state index contributed by atoms with van der Waals surface area (Å²) in [6.45, 7) is 4.74. The van der Waals surface area contributed by atoms with Gasteiger partial charge in [-0.2, -0.15) is 0 Å². The Balaban J connectivity index is 1.61. The maximum atomic E-state index is 13.3. The van der Waals surface area contributed by atoms with Crippen LogP contribution in [0, 0.1) is 12.7 Å². The van der Waals surface area contributed by atoms with Crippen molar-refractivity contribution in [3.05, 3.63) is 70.7 Å². The molecule has 3 heteroatoms. The van der Waals surface area contributed by atoms with Gasteiger partial charge in [-0.1, -0.05) is 23.8 Å². The fourth-order valence-corrected chi connectivity index (χ4v) is 3.24. The van der Waals surface area contributed by atoms with Gasteiger partial charge in [-0.15, -0.1) is 0 Å². The van der Waals surface area contributed by atoms with Crippen LogP contribution in [0.25, 0.3) is 10.9 Å². The van der Waals surface area contributed by atoms with Gasteiger partial charge in [0.15, 0.2) is 0 Å². The van der Waals surface area contributed by atoms with Crippen molar-refractivity contribution in [1.82, 2.24) is 9.88 Å². The van der Waals surface area contributed by atoms with Crippen LogP contribution in [0.15, 0.2) is 42.5 Å². The van der Waals surface area contributed by atoms with E-state index in [1.54, 1.807) is 12.1 Å². The predicted octanol–water partition coefficient (Wildman–Crippen LogP) is 4.13. The molecule has 21 heavy (non-hydrogen) atoms. The molecule has 0 saturated carbocycles. The summed E-state index contributed by atoms with van der Waals surface area (Å²) < 4.78 is 13.3. The molecular weight excluding hydrogens is 263 g/mol. The number of hydrogen-bond acceptors (Lipinski definition) is 1. The van der Waals surface area contributed by atoms with Gasteiger partial charge in [0.2, 0.25) is 0 Å². The maximum Gasteiger partial charge on any atom is 0.123 e. The number of fused-ring (bicyclic) bond motifs is 3. The SMILES string of the molecule is Cc1ccc2[nH]c3c(c2c1)CN(Cc1cccc(F)c1)C3. The molecule has 2 aromatic carbocycles. The highest BCUT2D eigenvalue weighted by atomic mass is 19.1. The second kappa shape index (κ2) is 4.71. The fourth-order valence-electron chi connectivity index (χ4n) is 3.24. The zero-order valence-corrected chi connectivity index (χ0v) is 12.0. The zero-order valence-electron chi connectivity index (χ0n) is 12.0. The van der Waals surface area contributed by atoms with Gasteiger partial charge >= 0.3 is 0 Å². The van der Waals surface area contributed by atoms with Crippen LogP contribution in [0.3, 0.4) is 0 Å². The average Bonchev–Trinajstić information content (AvgIpc) is 2.96.